The lowest BCUT2D eigenvalue weighted by Gasteiger charge is -2.41. The van der Waals surface area contributed by atoms with Crippen molar-refractivity contribution in [1.82, 2.24) is 0 Å². The number of hydrogen-bond donors (Lipinski definition) is 0. The molecule has 5 unspecified atom stereocenters. The number of methoxy groups -OCH3 is 1. The molecule has 2 aliphatic rings. The Morgan fingerprint density at radius 1 is 1.17 bits per heavy atom. The van der Waals surface area contributed by atoms with Gasteiger partial charge in [-0.05, 0) is 62.7 Å². The van der Waals surface area contributed by atoms with Crippen molar-refractivity contribution in [1.29, 1.82) is 0 Å². The van der Waals surface area contributed by atoms with Crippen LogP contribution in [0.25, 0.3) is 0 Å². The minimum atomic E-state index is -0.183. The minimum Gasteiger partial charge on any atom is -0.469 e. The topological polar surface area (TPSA) is 61.8 Å². The maximum Gasteiger partial charge on any atom is 0.305 e. The monoisotopic (exact) mass is 340 g/mol. The molecule has 138 valence electrons. The molecule has 0 heterocycles. The SMILES string of the molecule is COC(=O)CCCOC(C)C1CCC2C(OC(C)=O)CC[C@H](C)C12. The Labute approximate surface area is 145 Å². The van der Waals surface area contributed by atoms with Crippen LogP contribution in [0.2, 0.25) is 0 Å². The smallest absolute Gasteiger partial charge is 0.305 e. The molecule has 0 aromatic rings. The lowest BCUT2D eigenvalue weighted by Crippen LogP contribution is -2.41. The van der Waals surface area contributed by atoms with Crippen molar-refractivity contribution < 1.29 is 23.8 Å². The molecule has 2 saturated carbocycles. The molecule has 2 aliphatic carbocycles. The fourth-order valence-corrected chi connectivity index (χ4v) is 4.82. The van der Waals surface area contributed by atoms with Gasteiger partial charge >= 0.3 is 11.9 Å². The molecule has 24 heavy (non-hydrogen) atoms. The van der Waals surface area contributed by atoms with Crippen molar-refractivity contribution in [3.63, 3.8) is 0 Å². The van der Waals surface area contributed by atoms with Crippen LogP contribution in [0.5, 0.6) is 0 Å². The first-order valence-electron chi connectivity index (χ1n) is 9.29. The first-order chi connectivity index (χ1) is 11.4. The van der Waals surface area contributed by atoms with E-state index in [9.17, 15) is 9.59 Å². The Balaban J connectivity index is 1.87. The molecule has 5 heteroatoms. The summed E-state index contributed by atoms with van der Waals surface area (Å²) in [6.45, 7) is 6.57. The second kappa shape index (κ2) is 8.84. The van der Waals surface area contributed by atoms with Gasteiger partial charge in [0.25, 0.3) is 0 Å². The predicted octanol–water partition coefficient (Wildman–Crippen LogP) is 3.35. The molecule has 0 spiro atoms. The summed E-state index contributed by atoms with van der Waals surface area (Å²) in [5, 5.41) is 0. The zero-order chi connectivity index (χ0) is 17.7. The number of fused-ring (bicyclic) bond motifs is 1. The van der Waals surface area contributed by atoms with Gasteiger partial charge in [0.1, 0.15) is 6.10 Å². The van der Waals surface area contributed by atoms with Crippen molar-refractivity contribution >= 4 is 11.9 Å². The number of ether oxygens (including phenoxy) is 3. The fourth-order valence-electron chi connectivity index (χ4n) is 4.82. The van der Waals surface area contributed by atoms with Gasteiger partial charge in [0.15, 0.2) is 0 Å². The van der Waals surface area contributed by atoms with Crippen LogP contribution in [0.15, 0.2) is 0 Å². The highest BCUT2D eigenvalue weighted by Crippen LogP contribution is 2.51. The standard InChI is InChI=1S/C19H32O5/c1-12-7-10-17(24-14(3)20)16-9-8-15(19(12)16)13(2)23-11-5-6-18(21)22-4/h12-13,15-17,19H,5-11H2,1-4H3/t12-,13?,15?,16?,17?,19?/m0/s1. The predicted molar refractivity (Wildman–Crippen MR) is 90.3 cm³/mol. The molecule has 5 nitrogen and oxygen atoms in total. The Hall–Kier alpha value is -1.10. The summed E-state index contributed by atoms with van der Waals surface area (Å²) in [5.41, 5.74) is 0. The normalized spacial score (nSPS) is 33.6. The summed E-state index contributed by atoms with van der Waals surface area (Å²) >= 11 is 0. The molecular formula is C19H32O5. The molecule has 0 bridgehead atoms. The van der Waals surface area contributed by atoms with Gasteiger partial charge in [-0.3, -0.25) is 9.59 Å². The maximum atomic E-state index is 11.4. The molecule has 0 aliphatic heterocycles. The van der Waals surface area contributed by atoms with E-state index in [1.807, 2.05) is 0 Å². The average Bonchev–Trinajstić information content (AvgIpc) is 2.99. The average molecular weight is 340 g/mol. The van der Waals surface area contributed by atoms with Crippen molar-refractivity contribution in [3.8, 4) is 0 Å². The van der Waals surface area contributed by atoms with E-state index >= 15 is 0 Å². The largest absolute Gasteiger partial charge is 0.469 e. The van der Waals surface area contributed by atoms with Crippen LogP contribution < -0.4 is 0 Å². The number of carbonyl (C=O) groups is 2. The summed E-state index contributed by atoms with van der Waals surface area (Å²) in [4.78, 5) is 22.5. The highest BCUT2D eigenvalue weighted by Gasteiger charge is 2.48. The summed E-state index contributed by atoms with van der Waals surface area (Å²) < 4.78 is 16.3. The van der Waals surface area contributed by atoms with Gasteiger partial charge in [-0.15, -0.1) is 0 Å². The number of rotatable bonds is 7. The van der Waals surface area contributed by atoms with Crippen molar-refractivity contribution in [2.75, 3.05) is 13.7 Å². The molecule has 6 atom stereocenters. The van der Waals surface area contributed by atoms with Crippen LogP contribution in [-0.2, 0) is 23.8 Å². The summed E-state index contributed by atoms with van der Waals surface area (Å²) in [5.74, 6) is 1.86. The lowest BCUT2D eigenvalue weighted by atomic mass is 9.69. The summed E-state index contributed by atoms with van der Waals surface area (Å²) in [6, 6.07) is 0. The molecule has 0 amide bonds. The highest BCUT2D eigenvalue weighted by atomic mass is 16.5. The molecule has 0 radical (unpaired) electrons. The first kappa shape index (κ1) is 19.2. The molecule has 0 aromatic carbocycles. The quantitative estimate of drug-likeness (QED) is 0.525. The van der Waals surface area contributed by atoms with Gasteiger partial charge in [-0.2, -0.15) is 0 Å². The van der Waals surface area contributed by atoms with Gasteiger partial charge < -0.3 is 14.2 Å². The van der Waals surface area contributed by atoms with Crippen LogP contribution in [0.4, 0.5) is 0 Å². The number of carbonyl (C=O) groups excluding carboxylic acids is 2. The van der Waals surface area contributed by atoms with Gasteiger partial charge in [0.2, 0.25) is 0 Å². The number of hydrogen-bond acceptors (Lipinski definition) is 5. The van der Waals surface area contributed by atoms with Gasteiger partial charge in [-0.25, -0.2) is 0 Å². The minimum absolute atomic E-state index is 0.0835. The van der Waals surface area contributed by atoms with Crippen LogP contribution in [-0.4, -0.2) is 37.9 Å². The lowest BCUT2D eigenvalue weighted by molar-refractivity contribution is -0.154. The molecule has 0 saturated heterocycles. The van der Waals surface area contributed by atoms with E-state index in [1.54, 1.807) is 0 Å². The zero-order valence-corrected chi connectivity index (χ0v) is 15.5. The van der Waals surface area contributed by atoms with Crippen molar-refractivity contribution in [3.05, 3.63) is 0 Å². The van der Waals surface area contributed by atoms with Crippen LogP contribution in [0.3, 0.4) is 0 Å². The maximum absolute atomic E-state index is 11.4. The van der Waals surface area contributed by atoms with E-state index in [0.717, 1.165) is 25.7 Å². The second-order valence-corrected chi connectivity index (χ2v) is 7.44. The Bertz CT molecular complexity index is 435. The molecule has 0 aromatic heterocycles. The molecule has 2 rings (SSSR count). The molecule has 0 N–H and O–H groups in total. The van der Waals surface area contributed by atoms with Crippen LogP contribution in [0, 0.1) is 23.7 Å². The third-order valence-electron chi connectivity index (χ3n) is 5.92. The van der Waals surface area contributed by atoms with E-state index < -0.39 is 0 Å². The van der Waals surface area contributed by atoms with E-state index in [-0.39, 0.29) is 24.1 Å². The Morgan fingerprint density at radius 3 is 2.58 bits per heavy atom. The molecule has 2 fully saturated rings. The van der Waals surface area contributed by atoms with Crippen molar-refractivity contribution in [2.24, 2.45) is 23.7 Å². The van der Waals surface area contributed by atoms with Crippen LogP contribution >= 0.6 is 0 Å². The third-order valence-corrected chi connectivity index (χ3v) is 5.92. The molecular weight excluding hydrogens is 308 g/mol. The fraction of sp³-hybridized carbons (Fsp3) is 0.895. The third kappa shape index (κ3) is 4.71. The van der Waals surface area contributed by atoms with Crippen LogP contribution in [0.1, 0.15) is 59.3 Å². The zero-order valence-electron chi connectivity index (χ0n) is 15.5. The summed E-state index contributed by atoms with van der Waals surface area (Å²) in [6.07, 6.45) is 5.72. The van der Waals surface area contributed by atoms with Gasteiger partial charge in [0, 0.05) is 20.0 Å². The van der Waals surface area contributed by atoms with E-state index in [1.165, 1.54) is 14.0 Å². The van der Waals surface area contributed by atoms with Gasteiger partial charge in [0.05, 0.1) is 13.2 Å². The first-order valence-corrected chi connectivity index (χ1v) is 9.29. The van der Waals surface area contributed by atoms with E-state index in [0.29, 0.717) is 43.1 Å². The van der Waals surface area contributed by atoms with Gasteiger partial charge in [-0.1, -0.05) is 6.92 Å². The number of esters is 2. The Kier molecular flexibility index (Phi) is 7.08. The Morgan fingerprint density at radius 2 is 1.92 bits per heavy atom. The second-order valence-electron chi connectivity index (χ2n) is 7.44. The van der Waals surface area contributed by atoms with E-state index in [2.05, 4.69) is 18.6 Å². The van der Waals surface area contributed by atoms with Crippen molar-refractivity contribution in [2.45, 2.75) is 71.5 Å². The van der Waals surface area contributed by atoms with E-state index in [4.69, 9.17) is 9.47 Å². The highest BCUT2D eigenvalue weighted by molar-refractivity contribution is 5.69. The summed E-state index contributed by atoms with van der Waals surface area (Å²) in [7, 11) is 1.41.